The lowest BCUT2D eigenvalue weighted by atomic mass is 10.0. The monoisotopic (exact) mass is 544 g/mol. The van der Waals surface area contributed by atoms with Crippen LogP contribution in [0.5, 0.6) is 0 Å². The first-order valence-corrected chi connectivity index (χ1v) is 12.9. The number of hydrogen-bond donors (Lipinski definition) is 2. The average molecular weight is 545 g/mol. The number of benzene rings is 2. The van der Waals surface area contributed by atoms with Gasteiger partial charge in [-0.15, -0.1) is 0 Å². The van der Waals surface area contributed by atoms with E-state index in [1.165, 1.54) is 18.2 Å². The predicted molar refractivity (Wildman–Crippen MR) is 137 cm³/mol. The summed E-state index contributed by atoms with van der Waals surface area (Å²) in [6.07, 6.45) is -7.58. The second-order valence-electron chi connectivity index (χ2n) is 8.45. The molecule has 0 saturated carbocycles. The van der Waals surface area contributed by atoms with E-state index < -0.39 is 90.6 Å². The number of rotatable bonds is 11. The van der Waals surface area contributed by atoms with Gasteiger partial charge in [-0.05, 0) is 36.4 Å². The number of carbonyl (C=O) groups is 1. The molecule has 0 aliphatic carbocycles. The first kappa shape index (κ1) is 15.8. The van der Waals surface area contributed by atoms with Crippen molar-refractivity contribution >= 4 is 16.1 Å². The molecule has 0 bridgehead atoms. The van der Waals surface area contributed by atoms with Crippen molar-refractivity contribution in [3.8, 4) is 0 Å². The van der Waals surface area contributed by atoms with Gasteiger partial charge in [0, 0.05) is 25.4 Å². The summed E-state index contributed by atoms with van der Waals surface area (Å²) < 4.78 is 141. The topological polar surface area (TPSA) is 114 Å². The summed E-state index contributed by atoms with van der Waals surface area (Å²) in [5.74, 6) is -5.13. The van der Waals surface area contributed by atoms with Crippen LogP contribution in [0.1, 0.15) is 42.1 Å². The van der Waals surface area contributed by atoms with E-state index in [0.29, 0.717) is 5.56 Å². The number of ether oxygens (including phenoxy) is 3. The van der Waals surface area contributed by atoms with Crippen molar-refractivity contribution in [1.29, 1.82) is 0 Å². The lowest BCUT2D eigenvalue weighted by Crippen LogP contribution is -2.51. The molecule has 2 aromatic rings. The summed E-state index contributed by atoms with van der Waals surface area (Å²) in [7, 11) is -5.22. The molecule has 1 amide bonds. The van der Waals surface area contributed by atoms with Crippen LogP contribution in [0.15, 0.2) is 65.6 Å². The van der Waals surface area contributed by atoms with Gasteiger partial charge in [-0.25, -0.2) is 13.2 Å². The van der Waals surface area contributed by atoms with Gasteiger partial charge in [0.15, 0.2) is 6.29 Å². The Labute approximate surface area is 235 Å². The summed E-state index contributed by atoms with van der Waals surface area (Å²) in [6.45, 7) is -16.0. The second-order valence-corrected chi connectivity index (χ2v) is 10.3. The standard InChI is InChI=1S/C27H36N2O7S/c1-19(2)16-29(37(32,33)21-11-7-4-8-12-21)17-24(30)23(15-20-9-5-3-6-10-20)28-27(31)36-25-18-35-26-22(25)13-14-34-26/h3-12,19,22-26,30H,13-18H2,1-2H3,(H,28,31)/t22-,23-,24+,25-,26+/m0/s1/i1D3,2D3,16D2,18D2,19D,25D. The van der Waals surface area contributed by atoms with Crippen LogP contribution in [-0.4, -0.2) is 74.6 Å². The number of alkyl carbamates (subject to hydrolysis) is 1. The van der Waals surface area contributed by atoms with Gasteiger partial charge in [0.1, 0.15) is 6.08 Å². The molecule has 2 fully saturated rings. The van der Waals surface area contributed by atoms with Crippen molar-refractivity contribution in [3.05, 3.63) is 66.2 Å². The smallest absolute Gasteiger partial charge is 0.407 e. The molecule has 0 radical (unpaired) electrons. The largest absolute Gasteiger partial charge is 0.443 e. The highest BCUT2D eigenvalue weighted by Gasteiger charge is 2.44. The van der Waals surface area contributed by atoms with E-state index in [0.717, 1.165) is 12.1 Å². The highest BCUT2D eigenvalue weighted by Crippen LogP contribution is 2.33. The quantitative estimate of drug-likeness (QED) is 0.447. The minimum absolute atomic E-state index is 0.101. The Morgan fingerprint density at radius 2 is 1.97 bits per heavy atom. The van der Waals surface area contributed by atoms with Gasteiger partial charge < -0.3 is 24.6 Å². The highest BCUT2D eigenvalue weighted by molar-refractivity contribution is 7.89. The Morgan fingerprint density at radius 3 is 2.68 bits per heavy atom. The zero-order valence-electron chi connectivity index (χ0n) is 31.7. The maximum absolute atomic E-state index is 14.0. The van der Waals surface area contributed by atoms with E-state index in [2.05, 4.69) is 5.32 Å². The van der Waals surface area contributed by atoms with E-state index >= 15 is 0 Å². The first-order chi connectivity index (χ1) is 22.4. The Morgan fingerprint density at radius 1 is 1.27 bits per heavy atom. The van der Waals surface area contributed by atoms with Crippen molar-refractivity contribution in [2.45, 2.75) is 56.0 Å². The minimum atomic E-state index is -5.22. The number of fused-ring (bicyclic) bond motifs is 1. The molecule has 2 aliphatic rings. The van der Waals surface area contributed by atoms with Crippen molar-refractivity contribution < 1.29 is 49.0 Å². The van der Waals surface area contributed by atoms with Gasteiger partial charge in [0.05, 0.1) is 40.2 Å². The Bertz CT molecular complexity index is 1570. The molecule has 0 spiro atoms. The number of nitrogens with zero attached hydrogens (tertiary/aromatic N) is 1. The molecule has 2 saturated heterocycles. The molecule has 2 aromatic carbocycles. The van der Waals surface area contributed by atoms with E-state index in [9.17, 15) is 18.3 Å². The van der Waals surface area contributed by atoms with Crippen LogP contribution in [0.2, 0.25) is 0 Å². The minimum Gasteiger partial charge on any atom is -0.443 e. The van der Waals surface area contributed by atoms with Crippen LogP contribution >= 0.6 is 0 Å². The fraction of sp³-hybridized carbons (Fsp3) is 0.519. The highest BCUT2D eigenvalue weighted by atomic mass is 32.2. The van der Waals surface area contributed by atoms with Crippen molar-refractivity contribution in [2.24, 2.45) is 11.8 Å². The second kappa shape index (κ2) is 12.4. The lowest BCUT2D eigenvalue weighted by molar-refractivity contribution is -0.0907. The lowest BCUT2D eigenvalue weighted by Gasteiger charge is -2.31. The number of carbonyl (C=O) groups excluding carboxylic acids is 1. The van der Waals surface area contributed by atoms with Gasteiger partial charge in [0.25, 0.3) is 0 Å². The number of amides is 1. The Kier molecular flexibility index (Phi) is 5.28. The first-order valence-electron chi connectivity index (χ1n) is 17.5. The Hall–Kier alpha value is -2.50. The molecule has 0 unspecified atom stereocenters. The molecule has 5 atom stereocenters. The zero-order valence-corrected chi connectivity index (χ0v) is 20.5. The summed E-state index contributed by atoms with van der Waals surface area (Å²) in [5.41, 5.74) is 0.441. The summed E-state index contributed by atoms with van der Waals surface area (Å²) in [5, 5.41) is 13.8. The molecule has 37 heavy (non-hydrogen) atoms. The molecular weight excluding hydrogens is 496 g/mol. The van der Waals surface area contributed by atoms with Crippen molar-refractivity contribution in [2.75, 3.05) is 26.2 Å². The van der Waals surface area contributed by atoms with Crippen LogP contribution in [-0.2, 0) is 30.7 Å². The van der Waals surface area contributed by atoms with Gasteiger partial charge in [-0.1, -0.05) is 62.2 Å². The Balaban J connectivity index is 1.76. The van der Waals surface area contributed by atoms with Crippen LogP contribution in [0.25, 0.3) is 0 Å². The third-order valence-corrected chi connectivity index (χ3v) is 7.53. The summed E-state index contributed by atoms with van der Waals surface area (Å²) in [6, 6.07) is 12.4. The molecule has 2 heterocycles. The van der Waals surface area contributed by atoms with E-state index in [1.807, 2.05) is 0 Å². The zero-order chi connectivity index (χ0) is 36.8. The molecule has 9 nitrogen and oxygen atoms in total. The predicted octanol–water partition coefficient (Wildman–Crippen LogP) is 2.79. The van der Waals surface area contributed by atoms with Crippen LogP contribution in [0, 0.1) is 11.8 Å². The number of hydrogen-bond acceptors (Lipinski definition) is 7. The number of aliphatic hydroxyl groups excluding tert-OH is 1. The third kappa shape index (κ3) is 7.08. The summed E-state index contributed by atoms with van der Waals surface area (Å²) >= 11 is 0. The van der Waals surface area contributed by atoms with Crippen LogP contribution < -0.4 is 5.32 Å². The SMILES string of the molecule is [2H]C([2H])([2H])C([2H])(C([2H])([2H])[2H])C([2H])([2H])N(C[C@@H](O)[C@H](Cc1ccccc1)NC(=O)O[C@]1([2H])[C@@H]2CCO[C@@H]2OC1([2H])[2H])S(=O)(=O)c1ccccc1. The molecule has 2 N–H and O–H groups in total. The van der Waals surface area contributed by atoms with Gasteiger partial charge in [-0.2, -0.15) is 4.31 Å². The van der Waals surface area contributed by atoms with E-state index in [-0.39, 0.29) is 23.8 Å². The molecule has 0 aromatic heterocycles. The average Bonchev–Trinajstić information content (AvgIpc) is 3.52. The number of sulfonamides is 1. The van der Waals surface area contributed by atoms with Gasteiger partial charge >= 0.3 is 6.09 Å². The molecule has 10 heteroatoms. The fourth-order valence-electron chi connectivity index (χ4n) is 4.00. The molecule has 2 aliphatic heterocycles. The number of aliphatic hydroxyl groups is 1. The molecule has 202 valence electrons. The van der Waals surface area contributed by atoms with Gasteiger partial charge in [-0.3, -0.25) is 0 Å². The van der Waals surface area contributed by atoms with E-state index in [4.69, 9.17) is 30.7 Å². The van der Waals surface area contributed by atoms with Crippen molar-refractivity contribution in [3.63, 3.8) is 0 Å². The third-order valence-electron chi connectivity index (χ3n) is 5.84. The maximum Gasteiger partial charge on any atom is 0.407 e. The van der Waals surface area contributed by atoms with Crippen molar-refractivity contribution in [1.82, 2.24) is 9.62 Å². The van der Waals surface area contributed by atoms with Crippen LogP contribution in [0.3, 0.4) is 0 Å². The van der Waals surface area contributed by atoms with E-state index in [1.54, 1.807) is 30.3 Å². The maximum atomic E-state index is 14.0. The normalized spacial score (nSPS) is 32.6. The van der Waals surface area contributed by atoms with Crippen LogP contribution in [0.4, 0.5) is 4.79 Å². The summed E-state index contributed by atoms with van der Waals surface area (Å²) in [4.78, 5) is 12.7. The number of nitrogens with one attached hydrogen (secondary N) is 1. The van der Waals surface area contributed by atoms with Gasteiger partial charge in [0.2, 0.25) is 10.0 Å². The molecular formula is C27H36N2O7S. The molecule has 4 rings (SSSR count). The fourth-order valence-corrected chi connectivity index (χ4v) is 5.32.